The number of nitrogens with zero attached hydrogens (tertiary/aromatic N) is 1. The average Bonchev–Trinajstić information content (AvgIpc) is 2.79. The molecule has 2 atom stereocenters. The van der Waals surface area contributed by atoms with E-state index in [-0.39, 0.29) is 35.3 Å². The van der Waals surface area contributed by atoms with Crippen molar-refractivity contribution in [2.45, 2.75) is 38.2 Å². The number of allylic oxidation sites excluding steroid dienone is 1. The first kappa shape index (κ1) is 19.7. The third-order valence-electron chi connectivity index (χ3n) is 3.96. The van der Waals surface area contributed by atoms with Crippen LogP contribution in [0, 0.1) is 0 Å². The number of hydrogen-bond donors (Lipinski definition) is 1. The van der Waals surface area contributed by atoms with E-state index in [9.17, 15) is 18.9 Å². The van der Waals surface area contributed by atoms with Gasteiger partial charge in [-0.25, -0.2) is 9.59 Å². The Morgan fingerprint density at radius 3 is 2.48 bits per heavy atom. The number of thioether (sulfide) groups is 1. The molecule has 0 aliphatic carbocycles. The number of aliphatic hydroxyl groups excluding tert-OH is 1. The zero-order valence-electron chi connectivity index (χ0n) is 14.6. The molecule has 2 heterocycles. The fraction of sp³-hybridized carbons (Fsp3) is 0.562. The lowest BCUT2D eigenvalue weighted by molar-refractivity contribution is -0.138. The maximum atomic E-state index is 12.8. The van der Waals surface area contributed by atoms with Crippen LogP contribution < -0.4 is 0 Å². The van der Waals surface area contributed by atoms with Gasteiger partial charge in [0.05, 0.1) is 24.0 Å². The second kappa shape index (κ2) is 7.74. The monoisotopic (exact) mass is 387 g/mol. The Labute approximate surface area is 153 Å². The molecule has 7 nitrogen and oxygen atoms in total. The van der Waals surface area contributed by atoms with E-state index in [1.807, 2.05) is 13.8 Å². The Kier molecular flexibility index (Phi) is 6.10. The van der Waals surface area contributed by atoms with Crippen LogP contribution in [0.2, 0.25) is 0 Å². The van der Waals surface area contributed by atoms with Gasteiger partial charge in [0.2, 0.25) is 0 Å². The van der Waals surface area contributed by atoms with Gasteiger partial charge in [0, 0.05) is 12.2 Å². The molecular weight excluding hydrogens is 366 g/mol. The molecule has 0 aromatic rings. The molecule has 0 fully saturated rings. The van der Waals surface area contributed by atoms with Crippen molar-refractivity contribution in [2.75, 3.05) is 19.0 Å². The fourth-order valence-corrected chi connectivity index (χ4v) is 6.10. The van der Waals surface area contributed by atoms with Crippen molar-refractivity contribution in [3.8, 4) is 0 Å². The van der Waals surface area contributed by atoms with Gasteiger partial charge in [-0.15, -0.1) is 0 Å². The van der Waals surface area contributed by atoms with Crippen molar-refractivity contribution in [1.82, 2.24) is 0 Å². The van der Waals surface area contributed by atoms with Crippen LogP contribution >= 0.6 is 11.8 Å². The molecule has 25 heavy (non-hydrogen) atoms. The number of amides is 1. The van der Waals surface area contributed by atoms with E-state index < -0.39 is 26.9 Å². The lowest BCUT2D eigenvalue weighted by Gasteiger charge is -2.32. The van der Waals surface area contributed by atoms with E-state index >= 15 is 0 Å². The molecule has 2 aliphatic heterocycles. The van der Waals surface area contributed by atoms with Crippen molar-refractivity contribution in [3.05, 3.63) is 22.5 Å². The molecule has 2 aliphatic rings. The molecular formula is C16H21NO6S2. The summed E-state index contributed by atoms with van der Waals surface area (Å²) in [5, 5.41) is 10.7. The number of esters is 1. The van der Waals surface area contributed by atoms with Gasteiger partial charge in [-0.1, -0.05) is 22.9 Å². The number of aliphatic imine (C=N–C) groups is 1. The van der Waals surface area contributed by atoms with Crippen LogP contribution in [-0.2, 0) is 25.1 Å². The van der Waals surface area contributed by atoms with Gasteiger partial charge < -0.3 is 14.6 Å². The minimum absolute atomic E-state index is 0.0184. The maximum absolute atomic E-state index is 12.8. The van der Waals surface area contributed by atoms with Crippen molar-refractivity contribution < 1.29 is 28.4 Å². The lowest BCUT2D eigenvalue weighted by atomic mass is 10.0. The first-order chi connectivity index (χ1) is 11.8. The van der Waals surface area contributed by atoms with E-state index in [0.29, 0.717) is 6.42 Å². The van der Waals surface area contributed by atoms with Crippen molar-refractivity contribution >= 4 is 39.7 Å². The number of ether oxygens (including phenoxy) is 2. The van der Waals surface area contributed by atoms with E-state index in [2.05, 4.69) is 4.99 Å². The maximum Gasteiger partial charge on any atom is 0.434 e. The van der Waals surface area contributed by atoms with E-state index in [4.69, 9.17) is 9.47 Å². The van der Waals surface area contributed by atoms with Gasteiger partial charge in [0.15, 0.2) is 4.08 Å². The second-order valence-electron chi connectivity index (χ2n) is 5.64. The molecule has 9 heteroatoms. The van der Waals surface area contributed by atoms with Gasteiger partial charge in [0.1, 0.15) is 16.4 Å². The van der Waals surface area contributed by atoms with Gasteiger partial charge in [-0.05, 0) is 27.7 Å². The summed E-state index contributed by atoms with van der Waals surface area (Å²) in [7, 11) is -1.48. The van der Waals surface area contributed by atoms with Gasteiger partial charge in [-0.2, -0.15) is 4.99 Å². The summed E-state index contributed by atoms with van der Waals surface area (Å²) in [6, 6.07) is 0. The van der Waals surface area contributed by atoms with Crippen LogP contribution in [0.3, 0.4) is 0 Å². The summed E-state index contributed by atoms with van der Waals surface area (Å²) in [6.45, 7) is 7.27. The topological polar surface area (TPSA) is 102 Å². The third kappa shape index (κ3) is 3.67. The van der Waals surface area contributed by atoms with Gasteiger partial charge >= 0.3 is 12.1 Å². The summed E-state index contributed by atoms with van der Waals surface area (Å²) in [4.78, 5) is 27.8. The van der Waals surface area contributed by atoms with Crippen LogP contribution in [-0.4, -0.2) is 49.5 Å². The highest BCUT2D eigenvalue weighted by Gasteiger charge is 2.54. The van der Waals surface area contributed by atoms with E-state index in [1.54, 1.807) is 13.8 Å². The number of carbonyl (C=O) groups excluding carboxylic acids is 2. The quantitative estimate of drug-likeness (QED) is 0.587. The Morgan fingerprint density at radius 1 is 1.24 bits per heavy atom. The molecule has 1 amide bonds. The van der Waals surface area contributed by atoms with Crippen molar-refractivity contribution in [3.63, 3.8) is 0 Å². The van der Waals surface area contributed by atoms with Crippen molar-refractivity contribution in [2.24, 2.45) is 4.99 Å². The molecule has 138 valence electrons. The zero-order valence-corrected chi connectivity index (χ0v) is 16.2. The first-order valence-electron chi connectivity index (χ1n) is 7.86. The van der Waals surface area contributed by atoms with Crippen LogP contribution in [0.4, 0.5) is 4.79 Å². The predicted octanol–water partition coefficient (Wildman–Crippen LogP) is 2.85. The highest BCUT2D eigenvalue weighted by atomic mass is 32.2. The van der Waals surface area contributed by atoms with Crippen molar-refractivity contribution in [1.29, 1.82) is 0 Å². The molecule has 2 unspecified atom stereocenters. The summed E-state index contributed by atoms with van der Waals surface area (Å²) < 4.78 is 21.3. The Hall–Kier alpha value is -1.61. The van der Waals surface area contributed by atoms with Crippen LogP contribution in [0.15, 0.2) is 27.5 Å². The normalized spacial score (nSPS) is 28.0. The summed E-state index contributed by atoms with van der Waals surface area (Å²) in [5.41, 5.74) is 1.77. The molecule has 1 spiro atoms. The highest BCUT2D eigenvalue weighted by Crippen LogP contribution is 2.52. The molecule has 0 saturated carbocycles. The highest BCUT2D eigenvalue weighted by molar-refractivity contribution is 8.24. The lowest BCUT2D eigenvalue weighted by Crippen LogP contribution is -2.37. The van der Waals surface area contributed by atoms with E-state index in [0.717, 1.165) is 22.9 Å². The molecule has 0 bridgehead atoms. The number of carbonyl (C=O) groups is 2. The third-order valence-corrected chi connectivity index (χ3v) is 7.69. The Bertz CT molecular complexity index is 724. The van der Waals surface area contributed by atoms with Crippen LogP contribution in [0.5, 0.6) is 0 Å². The fourth-order valence-electron chi connectivity index (χ4n) is 2.54. The summed E-state index contributed by atoms with van der Waals surface area (Å²) in [6.07, 6.45) is -0.575. The molecule has 2 rings (SSSR count). The number of rotatable bonds is 3. The average molecular weight is 387 g/mol. The predicted molar refractivity (Wildman–Crippen MR) is 97.1 cm³/mol. The molecule has 0 aromatic heterocycles. The summed E-state index contributed by atoms with van der Waals surface area (Å²) >= 11 is 0.962. The molecule has 1 N–H and O–H groups in total. The smallest absolute Gasteiger partial charge is 0.434 e. The standard InChI is InChI=1S/C16H21NO6S2/c1-5-22-14(19)11-12(18)16(7-9(3)10(4)8-25(16)21)24-13(11)17-15(20)23-6-2/h18H,5-8H2,1-4H3/b17-13+. The number of aliphatic hydroxyl groups is 1. The largest absolute Gasteiger partial charge is 0.509 e. The van der Waals surface area contributed by atoms with Crippen LogP contribution in [0.25, 0.3) is 0 Å². The van der Waals surface area contributed by atoms with Crippen LogP contribution in [0.1, 0.15) is 34.1 Å². The molecule has 0 saturated heterocycles. The van der Waals surface area contributed by atoms with E-state index in [1.165, 1.54) is 0 Å². The zero-order chi connectivity index (χ0) is 18.8. The molecule has 0 radical (unpaired) electrons. The Morgan fingerprint density at radius 2 is 1.88 bits per heavy atom. The number of hydrogen-bond acceptors (Lipinski definition) is 7. The van der Waals surface area contributed by atoms with Gasteiger partial charge in [-0.3, -0.25) is 4.21 Å². The second-order valence-corrected chi connectivity index (χ2v) is 8.87. The summed E-state index contributed by atoms with van der Waals surface area (Å²) in [5.74, 6) is -0.858. The minimum atomic E-state index is -1.48. The van der Waals surface area contributed by atoms with Gasteiger partial charge in [0.25, 0.3) is 0 Å². The SMILES string of the molecule is CCOC(=O)/N=C1/SC2(CC(C)=C(C)CS2=O)C(O)=C1C(=O)OCC. The minimum Gasteiger partial charge on any atom is -0.509 e. The molecule has 0 aromatic carbocycles. The first-order valence-corrected chi connectivity index (χ1v) is 9.99. The Balaban J connectivity index is 2.54.